The van der Waals surface area contributed by atoms with Crippen LogP contribution in [0.2, 0.25) is 0 Å². The van der Waals surface area contributed by atoms with E-state index >= 15 is 0 Å². The predicted molar refractivity (Wildman–Crippen MR) is 75.1 cm³/mol. The van der Waals surface area contributed by atoms with E-state index in [4.69, 9.17) is 0 Å². The van der Waals surface area contributed by atoms with Crippen molar-refractivity contribution in [3.8, 4) is 0 Å². The molecule has 4 heteroatoms. The topological polar surface area (TPSA) is 29.1 Å². The average molecular weight is 349 g/mol. The minimum Gasteiger partial charge on any atom is -0.324 e. The summed E-state index contributed by atoms with van der Waals surface area (Å²) in [4.78, 5) is 11.7. The van der Waals surface area contributed by atoms with Gasteiger partial charge in [-0.3, -0.25) is 4.79 Å². The monoisotopic (exact) mass is 347 g/mol. The maximum Gasteiger partial charge on any atom is 0.238 e. The fourth-order valence-corrected chi connectivity index (χ4v) is 1.70. The van der Waals surface area contributed by atoms with Gasteiger partial charge in [-0.1, -0.05) is 35.8 Å². The number of rotatable bonds is 3. The lowest BCUT2D eigenvalue weighted by molar-refractivity contribution is -0.116. The molecule has 1 aromatic carbocycles. The van der Waals surface area contributed by atoms with Crippen LogP contribution in [0.4, 0.5) is 5.69 Å². The van der Waals surface area contributed by atoms with Crippen LogP contribution >= 0.6 is 31.9 Å². The summed E-state index contributed by atoms with van der Waals surface area (Å²) >= 11 is 6.80. The molecular weight excluding hydrogens is 334 g/mol. The summed E-state index contributed by atoms with van der Waals surface area (Å²) in [6.07, 6.45) is 0. The molecule has 16 heavy (non-hydrogen) atoms. The molecule has 1 aromatic rings. The van der Waals surface area contributed by atoms with E-state index in [1.165, 1.54) is 0 Å². The van der Waals surface area contributed by atoms with Gasteiger partial charge in [0.2, 0.25) is 5.91 Å². The zero-order valence-electron chi connectivity index (χ0n) is 9.55. The second-order valence-corrected chi connectivity index (χ2v) is 5.96. The molecule has 1 rings (SSSR count). The summed E-state index contributed by atoms with van der Waals surface area (Å²) in [5.74, 6) is 0.255. The normalized spacial score (nSPS) is 12.6. The average Bonchev–Trinajstić information content (AvgIpc) is 2.22. The van der Waals surface area contributed by atoms with Gasteiger partial charge in [0.05, 0.1) is 10.5 Å². The van der Waals surface area contributed by atoms with Crippen LogP contribution in [0.3, 0.4) is 0 Å². The Hall–Kier alpha value is -0.350. The maximum atomic E-state index is 11.8. The molecule has 0 spiro atoms. The summed E-state index contributed by atoms with van der Waals surface area (Å²) < 4.78 is 0.898. The smallest absolute Gasteiger partial charge is 0.238 e. The second-order valence-electron chi connectivity index (χ2n) is 4.12. The van der Waals surface area contributed by atoms with E-state index in [-0.39, 0.29) is 16.7 Å². The zero-order chi connectivity index (χ0) is 12.3. The molecule has 0 radical (unpaired) electrons. The van der Waals surface area contributed by atoms with Crippen LogP contribution in [0.5, 0.6) is 0 Å². The van der Waals surface area contributed by atoms with Crippen molar-refractivity contribution < 1.29 is 4.79 Å². The number of alkyl halides is 1. The number of amides is 1. The SMILES string of the molecule is Cc1ccc(Br)c(NC(=O)C(Br)C(C)C)c1. The Labute approximate surface area is 113 Å². The minimum absolute atomic E-state index is 0.0127. The Morgan fingerprint density at radius 1 is 1.38 bits per heavy atom. The van der Waals surface area contributed by atoms with Crippen molar-refractivity contribution in [1.29, 1.82) is 0 Å². The standard InChI is InChI=1S/C12H15Br2NO/c1-7(2)11(14)12(16)15-10-6-8(3)4-5-9(10)13/h4-7,11H,1-3H3,(H,15,16). The number of aryl methyl sites for hydroxylation is 1. The Morgan fingerprint density at radius 3 is 2.56 bits per heavy atom. The molecular formula is C12H15Br2NO. The fourth-order valence-electron chi connectivity index (χ4n) is 1.24. The van der Waals surface area contributed by atoms with Crippen molar-refractivity contribution >= 4 is 43.5 Å². The van der Waals surface area contributed by atoms with Crippen molar-refractivity contribution in [1.82, 2.24) is 0 Å². The number of anilines is 1. The Balaban J connectivity index is 2.80. The number of nitrogens with one attached hydrogen (secondary N) is 1. The molecule has 0 saturated heterocycles. The van der Waals surface area contributed by atoms with Crippen LogP contribution in [-0.2, 0) is 4.79 Å². The molecule has 0 aliphatic carbocycles. The summed E-state index contributed by atoms with van der Waals surface area (Å²) in [7, 11) is 0. The molecule has 0 fully saturated rings. The molecule has 0 saturated carbocycles. The Morgan fingerprint density at radius 2 is 2.00 bits per heavy atom. The number of carbonyl (C=O) groups is 1. The Bertz CT molecular complexity index is 391. The zero-order valence-corrected chi connectivity index (χ0v) is 12.7. The third-order valence-electron chi connectivity index (χ3n) is 2.22. The lowest BCUT2D eigenvalue weighted by Crippen LogP contribution is -2.27. The Kier molecular flexibility index (Phi) is 4.99. The molecule has 1 unspecified atom stereocenters. The minimum atomic E-state index is -0.167. The van der Waals surface area contributed by atoms with Gasteiger partial charge in [0.15, 0.2) is 0 Å². The molecule has 0 aromatic heterocycles. The lowest BCUT2D eigenvalue weighted by Gasteiger charge is -2.15. The van der Waals surface area contributed by atoms with Crippen molar-refractivity contribution in [2.45, 2.75) is 25.6 Å². The van der Waals surface area contributed by atoms with Crippen LogP contribution in [-0.4, -0.2) is 10.7 Å². The van der Waals surface area contributed by atoms with E-state index in [1.54, 1.807) is 0 Å². The van der Waals surface area contributed by atoms with Gasteiger partial charge >= 0.3 is 0 Å². The van der Waals surface area contributed by atoms with E-state index in [0.717, 1.165) is 15.7 Å². The number of halogens is 2. The number of carbonyl (C=O) groups excluding carboxylic acids is 1. The lowest BCUT2D eigenvalue weighted by atomic mass is 10.1. The first-order valence-electron chi connectivity index (χ1n) is 5.13. The third kappa shape index (κ3) is 3.59. The molecule has 2 nitrogen and oxygen atoms in total. The van der Waals surface area contributed by atoms with Gasteiger partial charge in [-0.05, 0) is 46.5 Å². The van der Waals surface area contributed by atoms with E-state index < -0.39 is 0 Å². The molecule has 0 bridgehead atoms. The molecule has 0 aliphatic heterocycles. The number of hydrogen-bond donors (Lipinski definition) is 1. The first-order chi connectivity index (χ1) is 7.41. The molecule has 0 aliphatic rings. The van der Waals surface area contributed by atoms with Crippen molar-refractivity contribution in [3.63, 3.8) is 0 Å². The highest BCUT2D eigenvalue weighted by Crippen LogP contribution is 2.24. The van der Waals surface area contributed by atoms with E-state index in [2.05, 4.69) is 37.2 Å². The van der Waals surface area contributed by atoms with Crippen LogP contribution in [0.15, 0.2) is 22.7 Å². The summed E-state index contributed by atoms with van der Waals surface area (Å²) in [6.45, 7) is 6.00. The van der Waals surface area contributed by atoms with Crippen LogP contribution in [0, 0.1) is 12.8 Å². The summed E-state index contributed by atoms with van der Waals surface area (Å²) in [5.41, 5.74) is 1.93. The van der Waals surface area contributed by atoms with Crippen LogP contribution in [0.25, 0.3) is 0 Å². The highest BCUT2D eigenvalue weighted by molar-refractivity contribution is 9.10. The summed E-state index contributed by atoms with van der Waals surface area (Å²) in [5, 5.41) is 2.90. The quantitative estimate of drug-likeness (QED) is 0.818. The van der Waals surface area contributed by atoms with Crippen molar-refractivity contribution in [3.05, 3.63) is 28.2 Å². The van der Waals surface area contributed by atoms with Gasteiger partial charge in [-0.15, -0.1) is 0 Å². The van der Waals surface area contributed by atoms with Gasteiger partial charge in [-0.2, -0.15) is 0 Å². The first-order valence-corrected chi connectivity index (χ1v) is 6.83. The van der Waals surface area contributed by atoms with Crippen molar-refractivity contribution in [2.24, 2.45) is 5.92 Å². The fraction of sp³-hybridized carbons (Fsp3) is 0.417. The first kappa shape index (κ1) is 13.7. The summed E-state index contributed by atoms with van der Waals surface area (Å²) in [6, 6.07) is 5.87. The highest BCUT2D eigenvalue weighted by Gasteiger charge is 2.19. The van der Waals surface area contributed by atoms with Gasteiger partial charge in [-0.25, -0.2) is 0 Å². The van der Waals surface area contributed by atoms with E-state index in [9.17, 15) is 4.79 Å². The van der Waals surface area contributed by atoms with Gasteiger partial charge in [0.25, 0.3) is 0 Å². The number of hydrogen-bond acceptors (Lipinski definition) is 1. The maximum absolute atomic E-state index is 11.8. The second kappa shape index (κ2) is 5.82. The van der Waals surface area contributed by atoms with Crippen LogP contribution < -0.4 is 5.32 Å². The molecule has 1 atom stereocenters. The van der Waals surface area contributed by atoms with Gasteiger partial charge in [0, 0.05) is 4.47 Å². The molecule has 0 heterocycles. The molecule has 1 N–H and O–H groups in total. The van der Waals surface area contributed by atoms with E-state index in [1.807, 2.05) is 39.0 Å². The largest absolute Gasteiger partial charge is 0.324 e. The van der Waals surface area contributed by atoms with Gasteiger partial charge in [0.1, 0.15) is 0 Å². The van der Waals surface area contributed by atoms with Crippen LogP contribution in [0.1, 0.15) is 19.4 Å². The van der Waals surface area contributed by atoms with Crippen molar-refractivity contribution in [2.75, 3.05) is 5.32 Å². The van der Waals surface area contributed by atoms with E-state index in [0.29, 0.717) is 0 Å². The highest BCUT2D eigenvalue weighted by atomic mass is 79.9. The molecule has 88 valence electrons. The predicted octanol–water partition coefficient (Wildman–Crippen LogP) is 4.12. The third-order valence-corrected chi connectivity index (χ3v) is 4.38. The molecule has 1 amide bonds. The van der Waals surface area contributed by atoms with Gasteiger partial charge < -0.3 is 5.32 Å². The number of benzene rings is 1.